The van der Waals surface area contributed by atoms with Gasteiger partial charge < -0.3 is 4.90 Å². The molecular weight excluding hydrogens is 174 g/mol. The molecule has 1 unspecified atom stereocenters. The molecule has 0 rings (SSSR count). The van der Waals surface area contributed by atoms with Crippen LogP contribution in [-0.4, -0.2) is 17.4 Å². The van der Waals surface area contributed by atoms with Crippen LogP contribution in [0.25, 0.3) is 0 Å². The summed E-state index contributed by atoms with van der Waals surface area (Å²) in [4.78, 5) is 13.5. The highest BCUT2D eigenvalue weighted by molar-refractivity contribution is 5.93. The molecule has 0 heterocycles. The fourth-order valence-electron chi connectivity index (χ4n) is 1.14. The largest absolute Gasteiger partial charge is 0.316 e. The molecule has 0 aromatic carbocycles. The van der Waals surface area contributed by atoms with Crippen molar-refractivity contribution in [2.75, 3.05) is 6.54 Å². The Morgan fingerprint density at radius 2 is 2.07 bits per heavy atom. The number of nitrogens with zero attached hydrogens (tertiary/aromatic N) is 1. The Bertz CT molecular complexity index is 230. The molecule has 2 nitrogen and oxygen atoms in total. The normalized spacial score (nSPS) is 12.9. The van der Waals surface area contributed by atoms with E-state index in [0.29, 0.717) is 12.1 Å². The highest BCUT2D eigenvalue weighted by Gasteiger charge is 2.16. The van der Waals surface area contributed by atoms with E-state index in [1.807, 2.05) is 26.8 Å². The van der Waals surface area contributed by atoms with Crippen LogP contribution in [-0.2, 0) is 4.79 Å². The summed E-state index contributed by atoms with van der Waals surface area (Å²) < 4.78 is 0. The molecule has 0 aromatic heterocycles. The Kier molecular flexibility index (Phi) is 5.93. The van der Waals surface area contributed by atoms with Crippen LogP contribution >= 0.6 is 0 Å². The molecule has 0 aromatic rings. The average Bonchev–Trinajstić information content (AvgIpc) is 2.22. The van der Waals surface area contributed by atoms with E-state index in [4.69, 9.17) is 0 Å². The maximum absolute atomic E-state index is 11.8. The fourth-order valence-corrected chi connectivity index (χ4v) is 1.14. The fraction of sp³-hybridized carbons (Fsp3) is 0.583. The van der Waals surface area contributed by atoms with Gasteiger partial charge in [0.15, 0.2) is 0 Å². The van der Waals surface area contributed by atoms with Crippen LogP contribution in [0.3, 0.4) is 0 Å². The van der Waals surface area contributed by atoms with Gasteiger partial charge in [-0.15, -0.1) is 0 Å². The Morgan fingerprint density at radius 3 is 2.43 bits per heavy atom. The van der Waals surface area contributed by atoms with Crippen molar-refractivity contribution in [3.8, 4) is 0 Å². The SMILES string of the molecule is C=C(C(=O)N(/C=C\C)CC)C(C)CC. The third kappa shape index (κ3) is 3.36. The average molecular weight is 195 g/mol. The topological polar surface area (TPSA) is 20.3 Å². The lowest BCUT2D eigenvalue weighted by molar-refractivity contribution is -0.125. The lowest BCUT2D eigenvalue weighted by atomic mass is 9.99. The van der Waals surface area contributed by atoms with Crippen LogP contribution in [0, 0.1) is 5.92 Å². The summed E-state index contributed by atoms with van der Waals surface area (Å²) in [5.41, 5.74) is 0.701. The molecule has 0 fully saturated rings. The first-order valence-electron chi connectivity index (χ1n) is 5.20. The Balaban J connectivity index is 4.50. The molecule has 0 saturated carbocycles. The minimum atomic E-state index is 0.0416. The number of carbonyl (C=O) groups is 1. The van der Waals surface area contributed by atoms with E-state index < -0.39 is 0 Å². The standard InChI is InChI=1S/C12H21NO/c1-6-9-13(8-3)12(14)11(5)10(4)7-2/h6,9-10H,5,7-8H2,1-4H3/b9-6-. The van der Waals surface area contributed by atoms with E-state index in [9.17, 15) is 4.79 Å². The molecule has 80 valence electrons. The van der Waals surface area contributed by atoms with Crippen molar-refractivity contribution >= 4 is 5.91 Å². The van der Waals surface area contributed by atoms with Crippen LogP contribution in [0.15, 0.2) is 24.4 Å². The number of carbonyl (C=O) groups excluding carboxylic acids is 1. The van der Waals surface area contributed by atoms with Gasteiger partial charge in [0.05, 0.1) is 0 Å². The Labute approximate surface area is 87.3 Å². The summed E-state index contributed by atoms with van der Waals surface area (Å²) in [6.07, 6.45) is 4.62. The van der Waals surface area contributed by atoms with Gasteiger partial charge in [0.1, 0.15) is 0 Å². The molecule has 0 bridgehead atoms. The van der Waals surface area contributed by atoms with Crippen molar-refractivity contribution in [1.29, 1.82) is 0 Å². The first-order chi connectivity index (χ1) is 6.58. The monoisotopic (exact) mass is 195 g/mol. The van der Waals surface area contributed by atoms with Crippen LogP contribution in [0.2, 0.25) is 0 Å². The molecule has 0 saturated heterocycles. The maximum Gasteiger partial charge on any atom is 0.253 e. The number of allylic oxidation sites excluding steroid dienone is 1. The van der Waals surface area contributed by atoms with Gasteiger partial charge >= 0.3 is 0 Å². The zero-order valence-electron chi connectivity index (χ0n) is 9.71. The van der Waals surface area contributed by atoms with Gasteiger partial charge in [0.2, 0.25) is 0 Å². The predicted molar refractivity (Wildman–Crippen MR) is 60.8 cm³/mol. The molecule has 0 aliphatic carbocycles. The summed E-state index contributed by atoms with van der Waals surface area (Å²) in [6, 6.07) is 0. The Hall–Kier alpha value is -1.05. The van der Waals surface area contributed by atoms with Crippen molar-refractivity contribution in [3.05, 3.63) is 24.4 Å². The van der Waals surface area contributed by atoms with E-state index in [1.54, 1.807) is 11.1 Å². The molecule has 14 heavy (non-hydrogen) atoms. The first-order valence-corrected chi connectivity index (χ1v) is 5.20. The second kappa shape index (κ2) is 6.41. The lowest BCUT2D eigenvalue weighted by Crippen LogP contribution is -2.28. The lowest BCUT2D eigenvalue weighted by Gasteiger charge is -2.20. The molecule has 2 heteroatoms. The minimum Gasteiger partial charge on any atom is -0.316 e. The highest BCUT2D eigenvalue weighted by Crippen LogP contribution is 2.15. The minimum absolute atomic E-state index is 0.0416. The van der Waals surface area contributed by atoms with E-state index in [2.05, 4.69) is 13.5 Å². The molecule has 0 aliphatic heterocycles. The van der Waals surface area contributed by atoms with Gasteiger partial charge in [-0.2, -0.15) is 0 Å². The summed E-state index contributed by atoms with van der Waals surface area (Å²) in [5, 5.41) is 0. The van der Waals surface area contributed by atoms with Crippen LogP contribution in [0.5, 0.6) is 0 Å². The zero-order valence-corrected chi connectivity index (χ0v) is 9.71. The van der Waals surface area contributed by atoms with Crippen molar-refractivity contribution in [2.45, 2.75) is 34.1 Å². The van der Waals surface area contributed by atoms with Crippen molar-refractivity contribution < 1.29 is 4.79 Å². The number of likely N-dealkylation sites (N-methyl/N-ethyl adjacent to an activating group) is 1. The number of hydrogen-bond donors (Lipinski definition) is 0. The third-order valence-electron chi connectivity index (χ3n) is 2.41. The Morgan fingerprint density at radius 1 is 1.50 bits per heavy atom. The van der Waals surface area contributed by atoms with Gasteiger partial charge in [-0.1, -0.05) is 26.5 Å². The maximum atomic E-state index is 11.8. The van der Waals surface area contributed by atoms with E-state index >= 15 is 0 Å². The molecule has 1 atom stereocenters. The summed E-state index contributed by atoms with van der Waals surface area (Å²) in [6.45, 7) is 12.5. The molecular formula is C12H21NO. The number of amides is 1. The van der Waals surface area contributed by atoms with Crippen molar-refractivity contribution in [2.24, 2.45) is 5.92 Å². The van der Waals surface area contributed by atoms with E-state index in [0.717, 1.165) is 6.42 Å². The predicted octanol–water partition coefficient (Wildman–Crippen LogP) is 2.97. The van der Waals surface area contributed by atoms with Crippen LogP contribution < -0.4 is 0 Å². The molecule has 0 spiro atoms. The van der Waals surface area contributed by atoms with Crippen LogP contribution in [0.4, 0.5) is 0 Å². The first kappa shape index (κ1) is 12.9. The van der Waals surface area contributed by atoms with E-state index in [-0.39, 0.29) is 11.8 Å². The van der Waals surface area contributed by atoms with Gasteiger partial charge in [0.25, 0.3) is 5.91 Å². The zero-order chi connectivity index (χ0) is 11.1. The second-order valence-electron chi connectivity index (χ2n) is 3.41. The van der Waals surface area contributed by atoms with Gasteiger partial charge in [-0.05, 0) is 26.2 Å². The molecule has 0 aliphatic rings. The summed E-state index contributed by atoms with van der Waals surface area (Å²) >= 11 is 0. The number of rotatable bonds is 5. The highest BCUT2D eigenvalue weighted by atomic mass is 16.2. The molecule has 1 amide bonds. The summed E-state index contributed by atoms with van der Waals surface area (Å²) in [7, 11) is 0. The van der Waals surface area contributed by atoms with Gasteiger partial charge in [-0.25, -0.2) is 0 Å². The quantitative estimate of drug-likeness (QED) is 0.618. The molecule has 0 radical (unpaired) electrons. The third-order valence-corrected chi connectivity index (χ3v) is 2.41. The second-order valence-corrected chi connectivity index (χ2v) is 3.41. The van der Waals surface area contributed by atoms with E-state index in [1.165, 1.54) is 0 Å². The van der Waals surface area contributed by atoms with Gasteiger partial charge in [-0.3, -0.25) is 4.79 Å². The van der Waals surface area contributed by atoms with Crippen molar-refractivity contribution in [3.63, 3.8) is 0 Å². The molecule has 0 N–H and O–H groups in total. The summed E-state index contributed by atoms with van der Waals surface area (Å²) in [5.74, 6) is 0.307. The van der Waals surface area contributed by atoms with Crippen LogP contribution in [0.1, 0.15) is 34.1 Å². The van der Waals surface area contributed by atoms with Crippen molar-refractivity contribution in [1.82, 2.24) is 4.90 Å². The van der Waals surface area contributed by atoms with Gasteiger partial charge in [0, 0.05) is 18.3 Å². The number of hydrogen-bond acceptors (Lipinski definition) is 1. The smallest absolute Gasteiger partial charge is 0.253 e.